The molecule has 4 aromatic rings. The molecular formula is C60H90O. The molecule has 0 saturated carbocycles. The fourth-order valence-corrected chi connectivity index (χ4v) is 10.2. The van der Waals surface area contributed by atoms with Crippen LogP contribution in [0.3, 0.4) is 0 Å². The topological polar surface area (TPSA) is 20.2 Å². The van der Waals surface area contributed by atoms with Crippen molar-refractivity contribution in [1.29, 1.82) is 0 Å². The first-order valence-electron chi connectivity index (χ1n) is 25.9. The van der Waals surface area contributed by atoms with Crippen LogP contribution >= 0.6 is 0 Å². The van der Waals surface area contributed by atoms with Crippen molar-refractivity contribution >= 4 is 0 Å². The molecule has 0 aliphatic heterocycles. The molecule has 0 saturated heterocycles. The maximum Gasteiger partial charge on any atom is 0.119 e. The molecule has 336 valence electrons. The van der Waals surface area contributed by atoms with E-state index in [9.17, 15) is 5.11 Å². The Balaban J connectivity index is 1.59. The largest absolute Gasteiger partial charge is 0.508 e. The molecule has 1 heteroatoms. The number of aryl methyl sites for hydroxylation is 3. The van der Waals surface area contributed by atoms with Gasteiger partial charge in [0.05, 0.1) is 0 Å². The van der Waals surface area contributed by atoms with Gasteiger partial charge >= 0.3 is 0 Å². The van der Waals surface area contributed by atoms with Crippen LogP contribution < -0.4 is 0 Å². The zero-order chi connectivity index (χ0) is 43.5. The predicted molar refractivity (Wildman–Crippen MR) is 269 cm³/mol. The van der Waals surface area contributed by atoms with Crippen molar-refractivity contribution in [3.8, 4) is 5.75 Å². The van der Waals surface area contributed by atoms with Gasteiger partial charge in [0.1, 0.15) is 5.75 Å². The molecule has 0 fully saturated rings. The van der Waals surface area contributed by atoms with Gasteiger partial charge in [-0.2, -0.15) is 0 Å². The van der Waals surface area contributed by atoms with Crippen LogP contribution in [0.5, 0.6) is 5.75 Å². The Morgan fingerprint density at radius 1 is 0.328 bits per heavy atom. The molecule has 0 heterocycles. The van der Waals surface area contributed by atoms with E-state index in [0.717, 1.165) is 32.1 Å². The number of unbranched alkanes of at least 4 members (excludes halogenated alkanes) is 18. The molecule has 0 aliphatic rings. The Morgan fingerprint density at radius 2 is 0.639 bits per heavy atom. The third-order valence-electron chi connectivity index (χ3n) is 14.0. The summed E-state index contributed by atoms with van der Waals surface area (Å²) in [6, 6.07) is 32.1. The number of hydrogen-bond acceptors (Lipinski definition) is 1. The summed E-state index contributed by atoms with van der Waals surface area (Å²) in [7, 11) is 0. The van der Waals surface area contributed by atoms with Crippen molar-refractivity contribution in [2.24, 2.45) is 0 Å². The van der Waals surface area contributed by atoms with Gasteiger partial charge in [0.2, 0.25) is 0 Å². The van der Waals surface area contributed by atoms with Crippen LogP contribution in [0.25, 0.3) is 0 Å². The van der Waals surface area contributed by atoms with Gasteiger partial charge in [0.15, 0.2) is 0 Å². The van der Waals surface area contributed by atoms with E-state index in [1.807, 2.05) is 6.07 Å². The smallest absolute Gasteiger partial charge is 0.119 e. The Labute approximate surface area is 377 Å². The Bertz CT molecular complexity index is 1750. The quantitative estimate of drug-likeness (QED) is 0.0475. The van der Waals surface area contributed by atoms with E-state index < -0.39 is 0 Å². The Hall–Kier alpha value is -3.32. The molecule has 1 nitrogen and oxygen atoms in total. The van der Waals surface area contributed by atoms with Crippen LogP contribution in [0.2, 0.25) is 0 Å². The average Bonchev–Trinajstić information content (AvgIpc) is 3.27. The first kappa shape index (κ1) is 50.3. The van der Waals surface area contributed by atoms with Gasteiger partial charge in [-0.05, 0) is 132 Å². The van der Waals surface area contributed by atoms with Gasteiger partial charge in [0, 0.05) is 0 Å². The molecule has 0 amide bonds. The molecule has 0 aliphatic carbocycles. The number of rotatable bonds is 33. The number of aromatic hydroxyl groups is 1. The van der Waals surface area contributed by atoms with E-state index in [0.29, 0.717) is 23.5 Å². The number of phenols is 1. The Morgan fingerprint density at radius 3 is 1.02 bits per heavy atom. The van der Waals surface area contributed by atoms with Crippen molar-refractivity contribution in [2.75, 3.05) is 0 Å². The highest BCUT2D eigenvalue weighted by Gasteiger charge is 2.23. The number of hydrogen-bond donors (Lipinski definition) is 1. The summed E-state index contributed by atoms with van der Waals surface area (Å²) in [6.45, 7) is 14.2. The molecule has 61 heavy (non-hydrogen) atoms. The van der Waals surface area contributed by atoms with Crippen LogP contribution in [0.4, 0.5) is 0 Å². The standard InChI is InChI=1S/C60H90O/c1-7-10-13-16-19-22-25-34-51-37-28-31-40-55(51)48(4)45-54-43-44-60(61)59(47-50(6)57-42-33-30-39-53(57)36-27-24-21-18-15-12-9-3)58(54)46-49(5)56-41-32-29-38-52(56)35-26-23-20-17-14-11-8-2/h28-33,37-44,48-50,61H,7-27,34-36,45-47H2,1-6H3. The van der Waals surface area contributed by atoms with E-state index in [1.165, 1.54) is 191 Å². The lowest BCUT2D eigenvalue weighted by molar-refractivity contribution is 0.463. The third kappa shape index (κ3) is 17.8. The minimum atomic E-state index is 0.320. The second-order valence-electron chi connectivity index (χ2n) is 19.2. The van der Waals surface area contributed by atoms with Crippen molar-refractivity contribution in [3.05, 3.63) is 135 Å². The monoisotopic (exact) mass is 827 g/mol. The minimum Gasteiger partial charge on any atom is -0.508 e. The number of benzene rings is 4. The predicted octanol–water partition coefficient (Wildman–Crippen LogP) is 18.3. The summed E-state index contributed by atoms with van der Waals surface area (Å²) < 4.78 is 0. The molecule has 3 atom stereocenters. The van der Waals surface area contributed by atoms with Crippen molar-refractivity contribution < 1.29 is 5.11 Å². The SMILES string of the molecule is CCCCCCCCCc1ccccc1C(C)Cc1ccc(O)c(CC(C)c2ccccc2CCCCCCCCC)c1CC(C)c1ccccc1CCCCCCCCC. The summed E-state index contributed by atoms with van der Waals surface area (Å²) in [6.07, 6.45) is 34.4. The van der Waals surface area contributed by atoms with Crippen molar-refractivity contribution in [1.82, 2.24) is 0 Å². The molecule has 1 N–H and O–H groups in total. The third-order valence-corrected chi connectivity index (χ3v) is 14.0. The molecule has 0 spiro atoms. The molecule has 0 radical (unpaired) electrons. The molecule has 0 bridgehead atoms. The zero-order valence-electron chi connectivity index (χ0n) is 40.4. The highest BCUT2D eigenvalue weighted by Crippen LogP contribution is 2.38. The lowest BCUT2D eigenvalue weighted by Crippen LogP contribution is -2.12. The van der Waals surface area contributed by atoms with Gasteiger partial charge in [0.25, 0.3) is 0 Å². The molecule has 4 aromatic carbocycles. The van der Waals surface area contributed by atoms with Gasteiger partial charge in [-0.1, -0.05) is 236 Å². The van der Waals surface area contributed by atoms with E-state index in [-0.39, 0.29) is 0 Å². The van der Waals surface area contributed by atoms with Crippen molar-refractivity contribution in [3.63, 3.8) is 0 Å². The van der Waals surface area contributed by atoms with Crippen LogP contribution in [0.15, 0.2) is 84.9 Å². The van der Waals surface area contributed by atoms with E-state index in [4.69, 9.17) is 0 Å². The summed E-state index contributed by atoms with van der Waals surface area (Å²) in [5.74, 6) is 1.56. The highest BCUT2D eigenvalue weighted by atomic mass is 16.3. The first-order valence-corrected chi connectivity index (χ1v) is 25.9. The maximum atomic E-state index is 11.9. The van der Waals surface area contributed by atoms with Crippen LogP contribution in [0.1, 0.15) is 244 Å². The van der Waals surface area contributed by atoms with Gasteiger partial charge < -0.3 is 5.11 Å². The number of phenolic OH excluding ortho intramolecular Hbond substituents is 1. The second-order valence-corrected chi connectivity index (χ2v) is 19.2. The fourth-order valence-electron chi connectivity index (χ4n) is 10.2. The lowest BCUT2D eigenvalue weighted by atomic mass is 9.79. The maximum absolute atomic E-state index is 11.9. The molecule has 0 aromatic heterocycles. The summed E-state index contributed by atoms with van der Waals surface area (Å²) in [5, 5.41) is 11.9. The fraction of sp³-hybridized carbons (Fsp3) is 0.600. The minimum absolute atomic E-state index is 0.320. The van der Waals surface area contributed by atoms with Gasteiger partial charge in [-0.3, -0.25) is 0 Å². The van der Waals surface area contributed by atoms with Crippen LogP contribution in [-0.2, 0) is 38.5 Å². The van der Waals surface area contributed by atoms with Crippen LogP contribution in [-0.4, -0.2) is 5.11 Å². The summed E-state index contributed by atoms with van der Waals surface area (Å²) in [5.41, 5.74) is 13.0. The second kappa shape index (κ2) is 29.9. The lowest BCUT2D eigenvalue weighted by Gasteiger charge is -2.26. The van der Waals surface area contributed by atoms with E-state index in [1.54, 1.807) is 0 Å². The van der Waals surface area contributed by atoms with Crippen molar-refractivity contribution in [2.45, 2.75) is 233 Å². The first-order chi connectivity index (χ1) is 29.9. The van der Waals surface area contributed by atoms with Gasteiger partial charge in [-0.25, -0.2) is 0 Å². The Kier molecular flexibility index (Phi) is 24.7. The summed E-state index contributed by atoms with van der Waals surface area (Å²) in [4.78, 5) is 0. The van der Waals surface area contributed by atoms with E-state index in [2.05, 4.69) is 120 Å². The van der Waals surface area contributed by atoms with Gasteiger partial charge in [-0.15, -0.1) is 0 Å². The molecular weight excluding hydrogens is 737 g/mol. The average molecular weight is 827 g/mol. The highest BCUT2D eigenvalue weighted by molar-refractivity contribution is 5.48. The molecule has 3 unspecified atom stereocenters. The molecule has 4 rings (SSSR count). The summed E-state index contributed by atoms with van der Waals surface area (Å²) >= 11 is 0. The van der Waals surface area contributed by atoms with E-state index >= 15 is 0 Å². The normalized spacial score (nSPS) is 13.1. The van der Waals surface area contributed by atoms with Crippen LogP contribution in [0, 0.1) is 0 Å². The zero-order valence-corrected chi connectivity index (χ0v) is 40.4.